The summed E-state index contributed by atoms with van der Waals surface area (Å²) in [6, 6.07) is -0.688. The molecule has 0 aromatic heterocycles. The topological polar surface area (TPSA) is 98.2 Å². The molecular formula is C7H13N3O2. The van der Waals surface area contributed by atoms with Crippen molar-refractivity contribution in [2.24, 2.45) is 11.5 Å². The minimum atomic E-state index is -0.688. The van der Waals surface area contributed by atoms with Crippen molar-refractivity contribution < 1.29 is 9.59 Å². The lowest BCUT2D eigenvalue weighted by Gasteiger charge is -2.07. The van der Waals surface area contributed by atoms with E-state index in [0.717, 1.165) is 0 Å². The zero-order valence-electron chi connectivity index (χ0n) is 7.18. The zero-order chi connectivity index (χ0) is 9.72. The fourth-order valence-electron chi connectivity index (χ4n) is 0.745. The van der Waals surface area contributed by atoms with Gasteiger partial charge in [-0.3, -0.25) is 4.79 Å². The summed E-state index contributed by atoms with van der Waals surface area (Å²) in [6.07, 6.45) is 0.512. The van der Waals surface area contributed by atoms with Crippen molar-refractivity contribution in [1.29, 1.82) is 0 Å². The van der Waals surface area contributed by atoms with Crippen molar-refractivity contribution >= 4 is 11.9 Å². The SMILES string of the molecule is CC/C(NC(N)=O)=C(/C)C(N)=O. The molecule has 0 rings (SSSR count). The van der Waals surface area contributed by atoms with Gasteiger partial charge in [-0.25, -0.2) is 4.79 Å². The van der Waals surface area contributed by atoms with E-state index in [1.165, 1.54) is 6.92 Å². The number of allylic oxidation sites excluding steroid dienone is 1. The quantitative estimate of drug-likeness (QED) is 0.513. The molecule has 0 atom stereocenters. The Morgan fingerprint density at radius 1 is 1.33 bits per heavy atom. The number of carbonyl (C=O) groups is 2. The van der Waals surface area contributed by atoms with E-state index in [0.29, 0.717) is 17.7 Å². The van der Waals surface area contributed by atoms with Crippen LogP contribution in [0, 0.1) is 0 Å². The van der Waals surface area contributed by atoms with Gasteiger partial charge in [0.15, 0.2) is 0 Å². The Labute approximate surface area is 70.8 Å². The first kappa shape index (κ1) is 10.5. The summed E-state index contributed by atoms with van der Waals surface area (Å²) in [5.74, 6) is -0.555. The van der Waals surface area contributed by atoms with Crippen LogP contribution in [0.1, 0.15) is 20.3 Å². The number of nitrogens with one attached hydrogen (secondary N) is 1. The Hall–Kier alpha value is -1.52. The van der Waals surface area contributed by atoms with Crippen LogP contribution in [-0.2, 0) is 4.79 Å². The van der Waals surface area contributed by atoms with Crippen molar-refractivity contribution in [3.05, 3.63) is 11.3 Å². The van der Waals surface area contributed by atoms with Gasteiger partial charge in [-0.2, -0.15) is 0 Å². The lowest BCUT2D eigenvalue weighted by atomic mass is 10.2. The van der Waals surface area contributed by atoms with Crippen molar-refractivity contribution in [3.8, 4) is 0 Å². The molecule has 0 bridgehead atoms. The third-order valence-corrected chi connectivity index (χ3v) is 1.45. The highest BCUT2D eigenvalue weighted by atomic mass is 16.2. The molecule has 0 aromatic rings. The molecule has 5 N–H and O–H groups in total. The zero-order valence-corrected chi connectivity index (χ0v) is 7.18. The number of hydrogen-bond donors (Lipinski definition) is 3. The van der Waals surface area contributed by atoms with E-state index in [1.807, 2.05) is 0 Å². The third-order valence-electron chi connectivity index (χ3n) is 1.45. The average Bonchev–Trinajstić information content (AvgIpc) is 1.98. The van der Waals surface area contributed by atoms with E-state index in [1.54, 1.807) is 6.92 Å². The van der Waals surface area contributed by atoms with Crippen molar-refractivity contribution in [1.82, 2.24) is 5.32 Å². The molecule has 0 heterocycles. The molecule has 0 saturated heterocycles. The van der Waals surface area contributed by atoms with Crippen molar-refractivity contribution in [3.63, 3.8) is 0 Å². The molecule has 5 heteroatoms. The lowest BCUT2D eigenvalue weighted by Crippen LogP contribution is -2.31. The van der Waals surface area contributed by atoms with Gasteiger partial charge in [-0.05, 0) is 13.3 Å². The van der Waals surface area contributed by atoms with Crippen LogP contribution in [0.2, 0.25) is 0 Å². The second kappa shape index (κ2) is 4.38. The Kier molecular flexibility index (Phi) is 3.82. The molecule has 0 unspecified atom stereocenters. The summed E-state index contributed by atoms with van der Waals surface area (Å²) in [5, 5.41) is 2.33. The van der Waals surface area contributed by atoms with Crippen LogP contribution in [0.4, 0.5) is 4.79 Å². The van der Waals surface area contributed by atoms with Crippen LogP contribution in [0.25, 0.3) is 0 Å². The van der Waals surface area contributed by atoms with Crippen LogP contribution in [0.15, 0.2) is 11.3 Å². The standard InChI is InChI=1S/C7H13N3O2/c1-3-5(10-7(9)12)4(2)6(8)11/h3H2,1-2H3,(H2,8,11)(H3,9,10,12)/b5-4+. The van der Waals surface area contributed by atoms with Crippen molar-refractivity contribution in [2.75, 3.05) is 0 Å². The van der Waals surface area contributed by atoms with Crippen LogP contribution in [0.3, 0.4) is 0 Å². The van der Waals surface area contributed by atoms with E-state index in [-0.39, 0.29) is 0 Å². The van der Waals surface area contributed by atoms with E-state index in [4.69, 9.17) is 11.5 Å². The molecule has 0 aliphatic rings. The summed E-state index contributed by atoms with van der Waals surface area (Å²) in [6.45, 7) is 3.33. The molecule has 12 heavy (non-hydrogen) atoms. The van der Waals surface area contributed by atoms with Gasteiger partial charge in [0.1, 0.15) is 0 Å². The lowest BCUT2D eigenvalue weighted by molar-refractivity contribution is -0.114. The summed E-state index contributed by atoms with van der Waals surface area (Å²) in [5.41, 5.74) is 10.7. The molecule has 0 fully saturated rings. The Balaban J connectivity index is 4.61. The summed E-state index contributed by atoms with van der Waals surface area (Å²) in [7, 11) is 0. The first-order valence-corrected chi connectivity index (χ1v) is 3.55. The highest BCUT2D eigenvalue weighted by Crippen LogP contribution is 2.03. The van der Waals surface area contributed by atoms with Gasteiger partial charge in [-0.15, -0.1) is 0 Å². The van der Waals surface area contributed by atoms with E-state index in [9.17, 15) is 9.59 Å². The minimum absolute atomic E-state index is 0.330. The molecule has 5 nitrogen and oxygen atoms in total. The Morgan fingerprint density at radius 3 is 2.08 bits per heavy atom. The molecule has 0 aliphatic heterocycles. The second-order valence-electron chi connectivity index (χ2n) is 2.31. The average molecular weight is 171 g/mol. The second-order valence-corrected chi connectivity index (χ2v) is 2.31. The molecule has 0 aliphatic carbocycles. The fraction of sp³-hybridized carbons (Fsp3) is 0.429. The van der Waals surface area contributed by atoms with Gasteiger partial charge >= 0.3 is 6.03 Å². The normalized spacial score (nSPS) is 11.8. The number of amides is 3. The van der Waals surface area contributed by atoms with Gasteiger partial charge < -0.3 is 16.8 Å². The molecule has 0 spiro atoms. The maximum atomic E-state index is 10.7. The number of urea groups is 1. The van der Waals surface area contributed by atoms with E-state index in [2.05, 4.69) is 5.32 Å². The summed E-state index contributed by atoms with van der Waals surface area (Å²) >= 11 is 0. The highest BCUT2D eigenvalue weighted by Gasteiger charge is 2.06. The third kappa shape index (κ3) is 3.05. The first-order chi connectivity index (χ1) is 5.49. The molecular weight excluding hydrogens is 158 g/mol. The Bertz CT molecular complexity index is 233. The van der Waals surface area contributed by atoms with Gasteiger partial charge in [-0.1, -0.05) is 6.92 Å². The predicted molar refractivity (Wildman–Crippen MR) is 44.9 cm³/mol. The van der Waals surface area contributed by atoms with E-state index >= 15 is 0 Å². The van der Waals surface area contributed by atoms with Gasteiger partial charge in [0.25, 0.3) is 0 Å². The Morgan fingerprint density at radius 2 is 1.83 bits per heavy atom. The number of nitrogens with two attached hydrogens (primary N) is 2. The number of primary amides is 2. The fourth-order valence-corrected chi connectivity index (χ4v) is 0.745. The van der Waals surface area contributed by atoms with Crippen molar-refractivity contribution in [2.45, 2.75) is 20.3 Å². The van der Waals surface area contributed by atoms with Gasteiger partial charge in [0, 0.05) is 11.3 Å². The van der Waals surface area contributed by atoms with Gasteiger partial charge in [0.05, 0.1) is 0 Å². The van der Waals surface area contributed by atoms with Crippen LogP contribution < -0.4 is 16.8 Å². The van der Waals surface area contributed by atoms with Crippen LogP contribution >= 0.6 is 0 Å². The summed E-state index contributed by atoms with van der Waals surface area (Å²) < 4.78 is 0. The number of carbonyl (C=O) groups excluding carboxylic acids is 2. The highest BCUT2D eigenvalue weighted by molar-refractivity contribution is 5.92. The van der Waals surface area contributed by atoms with E-state index < -0.39 is 11.9 Å². The molecule has 0 radical (unpaired) electrons. The van der Waals surface area contributed by atoms with Gasteiger partial charge in [0.2, 0.25) is 5.91 Å². The number of hydrogen-bond acceptors (Lipinski definition) is 2. The molecule has 0 aromatic carbocycles. The number of rotatable bonds is 3. The monoisotopic (exact) mass is 171 g/mol. The van der Waals surface area contributed by atoms with Crippen LogP contribution in [-0.4, -0.2) is 11.9 Å². The molecule has 3 amide bonds. The smallest absolute Gasteiger partial charge is 0.316 e. The maximum absolute atomic E-state index is 10.7. The first-order valence-electron chi connectivity index (χ1n) is 3.55. The maximum Gasteiger partial charge on any atom is 0.316 e. The largest absolute Gasteiger partial charge is 0.366 e. The molecule has 68 valence electrons. The minimum Gasteiger partial charge on any atom is -0.366 e. The predicted octanol–water partition coefficient (Wildman–Crippen LogP) is -0.176. The van der Waals surface area contributed by atoms with Crippen LogP contribution in [0.5, 0.6) is 0 Å². The summed E-state index contributed by atoms with van der Waals surface area (Å²) in [4.78, 5) is 21.1. The molecule has 0 saturated carbocycles.